The van der Waals surface area contributed by atoms with Crippen LogP contribution in [0.1, 0.15) is 25.7 Å². The topological polar surface area (TPSA) is 134 Å². The van der Waals surface area contributed by atoms with Crippen LogP contribution in [0.2, 0.25) is 0 Å². The van der Waals surface area contributed by atoms with Crippen LogP contribution in [0.15, 0.2) is 0 Å². The van der Waals surface area contributed by atoms with Crippen molar-refractivity contribution >= 4 is 7.82 Å². The lowest BCUT2D eigenvalue weighted by atomic mass is 9.78. The second-order valence-electron chi connectivity index (χ2n) is 5.47. The fourth-order valence-electron chi connectivity index (χ4n) is 3.09. The molecule has 98 valence electrons. The predicted octanol–water partition coefficient (Wildman–Crippen LogP) is -0.613. The lowest BCUT2D eigenvalue weighted by Crippen LogP contribution is -2.72. The van der Waals surface area contributed by atoms with Crippen LogP contribution in [0.4, 0.5) is 0 Å². The Morgan fingerprint density at radius 2 is 1.82 bits per heavy atom. The van der Waals surface area contributed by atoms with Gasteiger partial charge >= 0.3 is 7.82 Å². The highest BCUT2D eigenvalue weighted by Crippen LogP contribution is 2.74. The summed E-state index contributed by atoms with van der Waals surface area (Å²) in [5.74, 6) is 0. The Morgan fingerprint density at radius 1 is 1.24 bits per heavy atom. The molecular weight excluding hydrogens is 245 g/mol. The predicted molar refractivity (Wildman–Crippen MR) is 59.6 cm³/mol. The maximum absolute atomic E-state index is 11.7. The quantitative estimate of drug-likeness (QED) is 0.338. The van der Waals surface area contributed by atoms with Gasteiger partial charge in [-0.25, -0.2) is 4.57 Å². The molecule has 17 heavy (non-hydrogen) atoms. The molecule has 3 fully saturated rings. The van der Waals surface area contributed by atoms with Gasteiger partial charge in [-0.15, -0.1) is 0 Å². The molecule has 2 aliphatic carbocycles. The summed E-state index contributed by atoms with van der Waals surface area (Å²) < 4.78 is 21.8. The molecule has 1 heterocycles. The first-order chi connectivity index (χ1) is 7.75. The van der Waals surface area contributed by atoms with Gasteiger partial charge in [0, 0.05) is 5.41 Å². The van der Waals surface area contributed by atoms with Crippen molar-refractivity contribution in [1.29, 1.82) is 0 Å². The van der Waals surface area contributed by atoms with Crippen molar-refractivity contribution in [3.63, 3.8) is 0 Å². The fourth-order valence-corrected chi connectivity index (χ4v) is 4.29. The van der Waals surface area contributed by atoms with Crippen molar-refractivity contribution in [3.8, 4) is 0 Å². The summed E-state index contributed by atoms with van der Waals surface area (Å²) in [6, 6.07) is -0.674. The van der Waals surface area contributed by atoms with Crippen molar-refractivity contribution in [2.75, 3.05) is 6.61 Å². The summed E-state index contributed by atoms with van der Waals surface area (Å²) in [4.78, 5) is 9.58. The molecule has 2 saturated carbocycles. The Hall–Kier alpha value is -0.0100. The number of phosphoric acid groups is 1. The number of fused-ring (bicyclic) bond motifs is 1. The smallest absolute Gasteiger partial charge is 0.323 e. The molecular formula is C9H18N3O4P. The standard InChI is InChI=1S/C9H18N3O4P/c10-6-5-15-17(13,14)16-8(3-4-8)7(1-2-7)9(6,11)12/h6H,1-5,10-12H2,(H,13,14). The molecule has 8 heteroatoms. The Morgan fingerprint density at radius 3 is 2.29 bits per heavy atom. The largest absolute Gasteiger partial charge is 0.472 e. The third kappa shape index (κ3) is 1.48. The molecule has 1 saturated heterocycles. The van der Waals surface area contributed by atoms with E-state index in [4.69, 9.17) is 26.2 Å². The molecule has 0 amide bonds. The molecule has 2 atom stereocenters. The van der Waals surface area contributed by atoms with Crippen LogP contribution in [0.5, 0.6) is 0 Å². The summed E-state index contributed by atoms with van der Waals surface area (Å²) in [6.07, 6.45) is 2.94. The van der Waals surface area contributed by atoms with Crippen molar-refractivity contribution < 1.29 is 18.5 Å². The minimum atomic E-state index is -4.04. The second kappa shape index (κ2) is 3.11. The SMILES string of the molecule is NC1COP(=O)(O)OC2(CC2)C2(CC2)C1(N)N. The highest BCUT2D eigenvalue weighted by atomic mass is 31.2. The fraction of sp³-hybridized carbons (Fsp3) is 1.00. The first-order valence-corrected chi connectivity index (χ1v) is 7.26. The lowest BCUT2D eigenvalue weighted by molar-refractivity contribution is -0.0293. The van der Waals surface area contributed by atoms with E-state index in [9.17, 15) is 9.46 Å². The Bertz CT molecular complexity index is 405. The van der Waals surface area contributed by atoms with Crippen molar-refractivity contribution in [1.82, 2.24) is 0 Å². The number of nitrogens with two attached hydrogens (primary N) is 3. The van der Waals surface area contributed by atoms with E-state index >= 15 is 0 Å². The molecule has 2 unspecified atom stereocenters. The summed E-state index contributed by atoms with van der Waals surface area (Å²) in [5, 5.41) is 0. The number of hydrogen-bond acceptors (Lipinski definition) is 6. The maximum Gasteiger partial charge on any atom is 0.472 e. The normalized spacial score (nSPS) is 45.3. The zero-order valence-corrected chi connectivity index (χ0v) is 10.4. The summed E-state index contributed by atoms with van der Waals surface area (Å²) in [6.45, 7) is -0.168. The van der Waals surface area contributed by atoms with Gasteiger partial charge in [0.2, 0.25) is 0 Å². The van der Waals surface area contributed by atoms with E-state index in [0.29, 0.717) is 12.8 Å². The zero-order chi connectivity index (χ0) is 12.5. The van der Waals surface area contributed by atoms with E-state index in [-0.39, 0.29) is 6.61 Å². The Balaban J connectivity index is 2.01. The van der Waals surface area contributed by atoms with Gasteiger partial charge in [0.15, 0.2) is 0 Å². The third-order valence-corrected chi connectivity index (χ3v) is 5.53. The highest BCUT2D eigenvalue weighted by molar-refractivity contribution is 7.47. The summed E-state index contributed by atoms with van der Waals surface area (Å²) in [5.41, 5.74) is 15.9. The third-order valence-electron chi connectivity index (χ3n) is 4.48. The molecule has 0 aromatic rings. The molecule has 2 spiro atoms. The van der Waals surface area contributed by atoms with E-state index in [1.165, 1.54) is 0 Å². The van der Waals surface area contributed by atoms with Gasteiger partial charge in [0.25, 0.3) is 0 Å². The molecule has 7 nitrogen and oxygen atoms in total. The summed E-state index contributed by atoms with van der Waals surface area (Å²) >= 11 is 0. The van der Waals surface area contributed by atoms with Gasteiger partial charge in [-0.05, 0) is 25.7 Å². The zero-order valence-electron chi connectivity index (χ0n) is 9.46. The first-order valence-electron chi connectivity index (χ1n) is 5.76. The number of hydrogen-bond donors (Lipinski definition) is 4. The first kappa shape index (κ1) is 12.0. The highest BCUT2D eigenvalue weighted by Gasteiger charge is 2.76. The Labute approximate surface area is 99.2 Å². The van der Waals surface area contributed by atoms with Crippen LogP contribution < -0.4 is 17.2 Å². The van der Waals surface area contributed by atoms with E-state index in [0.717, 1.165) is 12.8 Å². The van der Waals surface area contributed by atoms with E-state index in [2.05, 4.69) is 0 Å². The average Bonchev–Trinajstić information content (AvgIpc) is 3.04. The molecule has 0 bridgehead atoms. The molecule has 7 N–H and O–H groups in total. The van der Waals surface area contributed by atoms with Gasteiger partial charge in [-0.2, -0.15) is 0 Å². The van der Waals surface area contributed by atoms with Crippen LogP contribution in [-0.2, 0) is 13.6 Å². The van der Waals surface area contributed by atoms with Crippen LogP contribution in [0.25, 0.3) is 0 Å². The Kier molecular flexibility index (Phi) is 2.20. The van der Waals surface area contributed by atoms with Crippen molar-refractivity contribution in [2.24, 2.45) is 22.6 Å². The van der Waals surface area contributed by atoms with Gasteiger partial charge < -0.3 is 22.1 Å². The minimum absolute atomic E-state index is 0.168. The van der Waals surface area contributed by atoms with Gasteiger partial charge in [0.1, 0.15) is 0 Å². The number of phosphoric ester groups is 1. The average molecular weight is 263 g/mol. The number of rotatable bonds is 0. The van der Waals surface area contributed by atoms with Crippen LogP contribution >= 0.6 is 7.82 Å². The van der Waals surface area contributed by atoms with Crippen molar-refractivity contribution in [3.05, 3.63) is 0 Å². The van der Waals surface area contributed by atoms with Gasteiger partial charge in [-0.3, -0.25) is 9.05 Å². The van der Waals surface area contributed by atoms with Crippen molar-refractivity contribution in [2.45, 2.75) is 43.0 Å². The van der Waals surface area contributed by atoms with Gasteiger partial charge in [0.05, 0.1) is 23.9 Å². The van der Waals surface area contributed by atoms with E-state index < -0.39 is 30.5 Å². The van der Waals surface area contributed by atoms with Gasteiger partial charge in [-0.1, -0.05) is 0 Å². The minimum Gasteiger partial charge on any atom is -0.323 e. The summed E-state index contributed by atoms with van der Waals surface area (Å²) in [7, 11) is -4.04. The molecule has 3 rings (SSSR count). The molecule has 3 aliphatic rings. The lowest BCUT2D eigenvalue weighted by Gasteiger charge is -2.45. The van der Waals surface area contributed by atoms with Crippen LogP contribution in [0, 0.1) is 5.41 Å². The van der Waals surface area contributed by atoms with E-state index in [1.807, 2.05) is 0 Å². The van der Waals surface area contributed by atoms with E-state index in [1.54, 1.807) is 0 Å². The molecule has 0 radical (unpaired) electrons. The van der Waals surface area contributed by atoms with Crippen LogP contribution in [0.3, 0.4) is 0 Å². The molecule has 0 aromatic heterocycles. The monoisotopic (exact) mass is 263 g/mol. The second-order valence-corrected chi connectivity index (χ2v) is 6.85. The molecule has 1 aliphatic heterocycles. The van der Waals surface area contributed by atoms with Crippen LogP contribution in [-0.4, -0.2) is 28.8 Å². The molecule has 0 aromatic carbocycles. The maximum atomic E-state index is 11.7.